The quantitative estimate of drug-likeness (QED) is 0.907. The molecule has 2 aliphatic heterocycles. The van der Waals surface area contributed by atoms with Crippen molar-refractivity contribution < 1.29 is 9.90 Å². The Kier molecular flexibility index (Phi) is 3.73. The van der Waals surface area contributed by atoms with Crippen molar-refractivity contribution in [3.05, 3.63) is 16.7 Å². The summed E-state index contributed by atoms with van der Waals surface area (Å²) in [6, 6.07) is 0. The Bertz CT molecular complexity index is 521. The summed E-state index contributed by atoms with van der Waals surface area (Å²) in [5.74, 6) is 0.390. The minimum atomic E-state index is -0.713. The van der Waals surface area contributed by atoms with Crippen LogP contribution in [0, 0.1) is 5.92 Å². The number of hydrogen-bond acceptors (Lipinski definition) is 3. The van der Waals surface area contributed by atoms with Gasteiger partial charge in [0.15, 0.2) is 5.15 Å². The van der Waals surface area contributed by atoms with Crippen LogP contribution in [0.2, 0.25) is 5.15 Å². The SMILES string of the molecule is CN1CCC(c2nc(Cl)c3n2CC(C(=O)O)CC3)CC1. The molecular formula is C14H20ClN3O2. The Morgan fingerprint density at radius 1 is 1.35 bits per heavy atom. The van der Waals surface area contributed by atoms with E-state index in [1.165, 1.54) is 0 Å². The van der Waals surface area contributed by atoms with E-state index in [4.69, 9.17) is 11.6 Å². The molecule has 3 heterocycles. The Morgan fingerprint density at radius 3 is 2.70 bits per heavy atom. The average Bonchev–Trinajstić information content (AvgIpc) is 2.76. The van der Waals surface area contributed by atoms with Gasteiger partial charge in [-0.25, -0.2) is 4.98 Å². The molecule has 1 fully saturated rings. The highest BCUT2D eigenvalue weighted by atomic mass is 35.5. The molecule has 1 unspecified atom stereocenters. The zero-order chi connectivity index (χ0) is 14.3. The predicted molar refractivity (Wildman–Crippen MR) is 76.2 cm³/mol. The first-order chi connectivity index (χ1) is 9.56. The van der Waals surface area contributed by atoms with Crippen LogP contribution in [0.15, 0.2) is 0 Å². The number of carbonyl (C=O) groups is 1. The molecule has 0 bridgehead atoms. The van der Waals surface area contributed by atoms with E-state index in [-0.39, 0.29) is 5.92 Å². The molecule has 0 spiro atoms. The van der Waals surface area contributed by atoms with Gasteiger partial charge in [0.1, 0.15) is 5.82 Å². The fraction of sp³-hybridized carbons (Fsp3) is 0.714. The second kappa shape index (κ2) is 5.37. The monoisotopic (exact) mass is 297 g/mol. The number of likely N-dealkylation sites (tertiary alicyclic amines) is 1. The van der Waals surface area contributed by atoms with Crippen molar-refractivity contribution in [2.75, 3.05) is 20.1 Å². The number of imidazole rings is 1. The highest BCUT2D eigenvalue weighted by molar-refractivity contribution is 6.30. The average molecular weight is 298 g/mol. The van der Waals surface area contributed by atoms with Crippen LogP contribution < -0.4 is 0 Å². The van der Waals surface area contributed by atoms with Gasteiger partial charge in [0.05, 0.1) is 11.6 Å². The number of carboxylic acids is 1. The van der Waals surface area contributed by atoms with Crippen molar-refractivity contribution in [3.63, 3.8) is 0 Å². The minimum Gasteiger partial charge on any atom is -0.481 e. The third kappa shape index (κ3) is 2.44. The normalized spacial score (nSPS) is 24.6. The van der Waals surface area contributed by atoms with Crippen LogP contribution in [-0.2, 0) is 17.8 Å². The predicted octanol–water partition coefficient (Wildman–Crippen LogP) is 1.99. The first kappa shape index (κ1) is 13.9. The van der Waals surface area contributed by atoms with E-state index < -0.39 is 5.97 Å². The van der Waals surface area contributed by atoms with Gasteiger partial charge in [0.2, 0.25) is 0 Å². The number of fused-ring (bicyclic) bond motifs is 1. The fourth-order valence-electron chi connectivity index (χ4n) is 3.32. The molecule has 3 rings (SSSR count). The lowest BCUT2D eigenvalue weighted by molar-refractivity contribution is -0.142. The van der Waals surface area contributed by atoms with E-state index in [2.05, 4.69) is 21.5 Å². The third-order valence-electron chi connectivity index (χ3n) is 4.62. The van der Waals surface area contributed by atoms with Crippen LogP contribution in [0.25, 0.3) is 0 Å². The number of rotatable bonds is 2. The number of piperidine rings is 1. The number of hydrogen-bond donors (Lipinski definition) is 1. The van der Waals surface area contributed by atoms with Crippen LogP contribution in [-0.4, -0.2) is 45.7 Å². The van der Waals surface area contributed by atoms with Gasteiger partial charge >= 0.3 is 5.97 Å². The first-order valence-electron chi connectivity index (χ1n) is 7.22. The van der Waals surface area contributed by atoms with Crippen LogP contribution >= 0.6 is 11.6 Å². The van der Waals surface area contributed by atoms with Crippen molar-refractivity contribution in [2.45, 2.75) is 38.1 Å². The topological polar surface area (TPSA) is 58.4 Å². The molecule has 1 N–H and O–H groups in total. The van der Waals surface area contributed by atoms with Gasteiger partial charge in [0.25, 0.3) is 0 Å². The van der Waals surface area contributed by atoms with E-state index >= 15 is 0 Å². The van der Waals surface area contributed by atoms with Crippen LogP contribution in [0.5, 0.6) is 0 Å². The number of aromatic nitrogens is 2. The molecule has 0 amide bonds. The maximum Gasteiger partial charge on any atom is 0.308 e. The van der Waals surface area contributed by atoms with Crippen molar-refractivity contribution in [2.24, 2.45) is 5.92 Å². The van der Waals surface area contributed by atoms with Crippen LogP contribution in [0.3, 0.4) is 0 Å². The molecule has 5 nitrogen and oxygen atoms in total. The lowest BCUT2D eigenvalue weighted by atomic mass is 9.94. The van der Waals surface area contributed by atoms with Gasteiger partial charge in [-0.05, 0) is 45.8 Å². The number of aliphatic carboxylic acids is 1. The summed E-state index contributed by atoms with van der Waals surface area (Å²) in [5.41, 5.74) is 1.03. The van der Waals surface area contributed by atoms with E-state index in [0.29, 0.717) is 24.0 Å². The molecule has 6 heteroatoms. The molecule has 0 aromatic carbocycles. The van der Waals surface area contributed by atoms with Gasteiger partial charge in [-0.2, -0.15) is 0 Å². The van der Waals surface area contributed by atoms with E-state index in [0.717, 1.165) is 43.9 Å². The Labute approximate surface area is 123 Å². The molecule has 2 aliphatic rings. The summed E-state index contributed by atoms with van der Waals surface area (Å²) in [6.45, 7) is 2.64. The molecular weight excluding hydrogens is 278 g/mol. The van der Waals surface area contributed by atoms with E-state index in [1.807, 2.05) is 0 Å². The Hall–Kier alpha value is -1.07. The van der Waals surface area contributed by atoms with Crippen molar-refractivity contribution in [1.82, 2.24) is 14.5 Å². The zero-order valence-corrected chi connectivity index (χ0v) is 12.4. The smallest absolute Gasteiger partial charge is 0.308 e. The zero-order valence-electron chi connectivity index (χ0n) is 11.7. The van der Waals surface area contributed by atoms with Gasteiger partial charge in [-0.3, -0.25) is 4.79 Å². The van der Waals surface area contributed by atoms with Crippen LogP contribution in [0.1, 0.15) is 36.7 Å². The third-order valence-corrected chi connectivity index (χ3v) is 4.92. The Balaban J connectivity index is 1.87. The van der Waals surface area contributed by atoms with Crippen LogP contribution in [0.4, 0.5) is 0 Å². The first-order valence-corrected chi connectivity index (χ1v) is 7.60. The molecule has 110 valence electrons. The maximum absolute atomic E-state index is 11.2. The molecule has 1 saturated heterocycles. The summed E-state index contributed by atoms with van der Waals surface area (Å²) < 4.78 is 2.08. The summed E-state index contributed by atoms with van der Waals surface area (Å²) in [5, 5.41) is 9.81. The standard InChI is InChI=1S/C14H20ClN3O2/c1-17-6-4-9(5-7-17)13-16-12(15)11-3-2-10(14(19)20)8-18(11)13/h9-10H,2-8H2,1H3,(H,19,20). The summed E-state index contributed by atoms with van der Waals surface area (Å²) in [4.78, 5) is 18.1. The molecule has 0 saturated carbocycles. The second-order valence-corrected chi connectivity index (χ2v) is 6.33. The largest absolute Gasteiger partial charge is 0.481 e. The fourth-order valence-corrected chi connectivity index (χ4v) is 3.60. The van der Waals surface area contributed by atoms with Gasteiger partial charge in [-0.15, -0.1) is 0 Å². The molecule has 1 aromatic rings. The molecule has 1 aromatic heterocycles. The van der Waals surface area contributed by atoms with Gasteiger partial charge in [0, 0.05) is 12.5 Å². The number of carboxylic acid groups (broad SMARTS) is 1. The van der Waals surface area contributed by atoms with Gasteiger partial charge < -0.3 is 14.6 Å². The lowest BCUT2D eigenvalue weighted by Gasteiger charge is -2.30. The van der Waals surface area contributed by atoms with Crippen molar-refractivity contribution in [1.29, 1.82) is 0 Å². The van der Waals surface area contributed by atoms with Crippen molar-refractivity contribution >= 4 is 17.6 Å². The highest BCUT2D eigenvalue weighted by Crippen LogP contribution is 2.34. The highest BCUT2D eigenvalue weighted by Gasteiger charge is 2.31. The van der Waals surface area contributed by atoms with Gasteiger partial charge in [-0.1, -0.05) is 11.6 Å². The summed E-state index contributed by atoms with van der Waals surface area (Å²) >= 11 is 6.25. The molecule has 0 aliphatic carbocycles. The van der Waals surface area contributed by atoms with E-state index in [9.17, 15) is 9.90 Å². The molecule has 0 radical (unpaired) electrons. The molecule has 1 atom stereocenters. The summed E-state index contributed by atoms with van der Waals surface area (Å²) in [6.07, 6.45) is 3.52. The number of halogens is 1. The van der Waals surface area contributed by atoms with Crippen molar-refractivity contribution in [3.8, 4) is 0 Å². The Morgan fingerprint density at radius 2 is 2.05 bits per heavy atom. The minimum absolute atomic E-state index is 0.308. The van der Waals surface area contributed by atoms with E-state index in [1.54, 1.807) is 0 Å². The lowest BCUT2D eigenvalue weighted by Crippen LogP contribution is -2.32. The number of nitrogens with zero attached hydrogens (tertiary/aromatic N) is 3. The maximum atomic E-state index is 11.2. The summed E-state index contributed by atoms with van der Waals surface area (Å²) in [7, 11) is 2.13. The second-order valence-electron chi connectivity index (χ2n) is 5.97. The molecule has 20 heavy (non-hydrogen) atoms.